The van der Waals surface area contributed by atoms with E-state index in [1.807, 2.05) is 13.8 Å². The number of hydrogen-bond acceptors (Lipinski definition) is 7. The average molecular weight is 529 g/mol. The number of aromatic nitrogens is 1. The molecule has 2 fully saturated rings. The molecule has 11 heteroatoms. The second-order valence-electron chi connectivity index (χ2n) is 10.7. The second-order valence-corrected chi connectivity index (χ2v) is 10.7. The zero-order chi connectivity index (χ0) is 27.5. The smallest absolute Gasteiger partial charge is 0.262 e. The highest BCUT2D eigenvalue weighted by atomic mass is 19.1. The summed E-state index contributed by atoms with van der Waals surface area (Å²) < 4.78 is 37.0. The number of hydrogen-bond donors (Lipinski definition) is 2. The summed E-state index contributed by atoms with van der Waals surface area (Å²) in [7, 11) is 0. The minimum absolute atomic E-state index is 0.0306. The first kappa shape index (κ1) is 25.9. The van der Waals surface area contributed by atoms with Crippen LogP contribution in [0.3, 0.4) is 0 Å². The molecule has 3 atom stereocenters. The van der Waals surface area contributed by atoms with E-state index in [0.717, 1.165) is 6.07 Å². The number of β-amino-alcohol motifs (C(OH)–C–C–N with tert-alkyl or cyclic N) is 1. The molecule has 0 unspecified atom stereocenters. The highest BCUT2D eigenvalue weighted by Gasteiger charge is 2.47. The van der Waals surface area contributed by atoms with E-state index in [1.165, 1.54) is 18.2 Å². The third-order valence-corrected chi connectivity index (χ3v) is 7.56. The zero-order valence-corrected chi connectivity index (χ0v) is 21.4. The zero-order valence-electron chi connectivity index (χ0n) is 21.4. The number of phenols is 1. The van der Waals surface area contributed by atoms with Crippen molar-refractivity contribution in [1.29, 1.82) is 0 Å². The Morgan fingerprint density at radius 2 is 1.97 bits per heavy atom. The number of pyridine rings is 1. The Bertz CT molecular complexity index is 1310. The van der Waals surface area contributed by atoms with Crippen LogP contribution in [0.15, 0.2) is 30.9 Å². The van der Waals surface area contributed by atoms with Gasteiger partial charge in [0.1, 0.15) is 35.2 Å². The van der Waals surface area contributed by atoms with E-state index < -0.39 is 64.0 Å². The number of halogens is 2. The molecule has 2 amide bonds. The molecule has 1 aromatic carbocycles. The Morgan fingerprint density at radius 1 is 1.24 bits per heavy atom. The van der Waals surface area contributed by atoms with Crippen LogP contribution in [-0.4, -0.2) is 86.8 Å². The van der Waals surface area contributed by atoms with Crippen molar-refractivity contribution in [3.8, 4) is 22.8 Å². The molecule has 2 saturated heterocycles. The average Bonchev–Trinajstić information content (AvgIpc) is 3.03. The van der Waals surface area contributed by atoms with Gasteiger partial charge in [0.25, 0.3) is 5.91 Å². The number of phenolic OH excluding ortho intramolecular Hbond substituents is 1. The highest BCUT2D eigenvalue weighted by molar-refractivity contribution is 6.03. The topological polar surface area (TPSA) is 106 Å². The van der Waals surface area contributed by atoms with E-state index in [4.69, 9.17) is 4.74 Å². The van der Waals surface area contributed by atoms with Crippen LogP contribution in [0.1, 0.15) is 37.6 Å². The summed E-state index contributed by atoms with van der Waals surface area (Å²) in [5.74, 6) is -3.70. The lowest BCUT2D eigenvalue weighted by atomic mass is 9.99. The normalized spacial score (nSPS) is 24.4. The van der Waals surface area contributed by atoms with Crippen molar-refractivity contribution >= 4 is 17.6 Å². The summed E-state index contributed by atoms with van der Waals surface area (Å²) in [5.41, 5.74) is -1.78. The highest BCUT2D eigenvalue weighted by Crippen LogP contribution is 2.45. The van der Waals surface area contributed by atoms with E-state index in [2.05, 4.69) is 11.6 Å². The molecule has 1 aromatic heterocycles. The monoisotopic (exact) mass is 528 g/mol. The largest absolute Gasteiger partial charge is 0.507 e. The minimum Gasteiger partial charge on any atom is -0.507 e. The summed E-state index contributed by atoms with van der Waals surface area (Å²) in [5, 5.41) is 20.9. The molecular weight excluding hydrogens is 498 g/mol. The summed E-state index contributed by atoms with van der Waals surface area (Å²) in [4.78, 5) is 35.7. The Morgan fingerprint density at radius 3 is 2.61 bits per heavy atom. The number of benzene rings is 1. The molecule has 3 aliphatic heterocycles. The van der Waals surface area contributed by atoms with Crippen molar-refractivity contribution in [2.45, 2.75) is 50.9 Å². The van der Waals surface area contributed by atoms with Gasteiger partial charge < -0.3 is 29.6 Å². The minimum atomic E-state index is -1.08. The molecule has 4 heterocycles. The number of piperazine rings is 1. The van der Waals surface area contributed by atoms with Gasteiger partial charge in [0.2, 0.25) is 5.91 Å². The predicted octanol–water partition coefficient (Wildman–Crippen LogP) is 2.70. The van der Waals surface area contributed by atoms with E-state index in [1.54, 1.807) is 21.6 Å². The van der Waals surface area contributed by atoms with Crippen LogP contribution in [0.4, 0.5) is 14.6 Å². The first-order chi connectivity index (χ1) is 17.9. The van der Waals surface area contributed by atoms with E-state index >= 15 is 4.39 Å². The van der Waals surface area contributed by atoms with Crippen molar-refractivity contribution in [3.63, 3.8) is 0 Å². The third kappa shape index (κ3) is 4.05. The van der Waals surface area contributed by atoms with E-state index in [-0.39, 0.29) is 43.5 Å². The Hall–Kier alpha value is -3.73. The molecular formula is C27H30F2N4O5. The molecule has 0 radical (unpaired) electrons. The number of fused-ring (bicyclic) bond motifs is 2. The van der Waals surface area contributed by atoms with Gasteiger partial charge in [0.15, 0.2) is 11.6 Å². The van der Waals surface area contributed by atoms with Gasteiger partial charge in [-0.3, -0.25) is 9.59 Å². The van der Waals surface area contributed by atoms with Crippen LogP contribution >= 0.6 is 0 Å². The van der Waals surface area contributed by atoms with Crippen LogP contribution in [0.25, 0.3) is 11.3 Å². The molecule has 5 rings (SSSR count). The Kier molecular flexibility index (Phi) is 6.29. The van der Waals surface area contributed by atoms with Crippen LogP contribution in [0.5, 0.6) is 11.5 Å². The number of aromatic hydroxyl groups is 1. The molecule has 0 aliphatic carbocycles. The first-order valence-electron chi connectivity index (χ1n) is 12.5. The van der Waals surface area contributed by atoms with Gasteiger partial charge in [-0.1, -0.05) is 12.6 Å². The van der Waals surface area contributed by atoms with Gasteiger partial charge in [-0.05, 0) is 45.4 Å². The molecule has 3 aliphatic rings. The quantitative estimate of drug-likeness (QED) is 0.590. The fourth-order valence-electron chi connectivity index (χ4n) is 5.85. The van der Waals surface area contributed by atoms with Gasteiger partial charge >= 0.3 is 0 Å². The lowest BCUT2D eigenvalue weighted by Gasteiger charge is -2.44. The molecule has 0 bridgehead atoms. The molecule has 9 nitrogen and oxygen atoms in total. The summed E-state index contributed by atoms with van der Waals surface area (Å²) in [6.07, 6.45) is 0.823. The van der Waals surface area contributed by atoms with Crippen molar-refractivity contribution in [3.05, 3.63) is 48.1 Å². The standard InChI is InChI=1S/C27H30F2N4O5/c1-5-19(36)31-10-14(2)33-15(11-31)13-38-24-21(26(33)37)25(32-12-16(34)9-27(32,3)4)30-23(22(24)29)20-17(28)7-6-8-18(20)35/h5-8,14-16,34-35H,1,9-13H2,2-4H3/t14-,15-,16+/m1/s1. The van der Waals surface area contributed by atoms with Gasteiger partial charge in [-0.15, -0.1) is 0 Å². The summed E-state index contributed by atoms with van der Waals surface area (Å²) in [6, 6.07) is 2.56. The number of rotatable bonds is 3. The van der Waals surface area contributed by atoms with Crippen LogP contribution in [0.2, 0.25) is 0 Å². The maximum atomic E-state index is 16.1. The number of amides is 2. The lowest BCUT2D eigenvalue weighted by molar-refractivity contribution is -0.130. The molecule has 0 spiro atoms. The SMILES string of the molecule is C=CC(=O)N1C[C@@H]2COc3c(F)c(-c4c(O)cccc4F)nc(N4C[C@@H](O)CC4(C)C)c3C(=O)N2[C@H](C)C1. The van der Waals surface area contributed by atoms with Crippen molar-refractivity contribution in [1.82, 2.24) is 14.8 Å². The number of anilines is 1. The van der Waals surface area contributed by atoms with Crippen LogP contribution < -0.4 is 9.64 Å². The molecule has 202 valence electrons. The van der Waals surface area contributed by atoms with E-state index in [9.17, 15) is 24.2 Å². The van der Waals surface area contributed by atoms with E-state index in [0.29, 0.717) is 6.42 Å². The number of carbonyl (C=O) groups is 2. The van der Waals surface area contributed by atoms with Gasteiger partial charge in [0.05, 0.1) is 17.7 Å². The third-order valence-electron chi connectivity index (χ3n) is 7.56. The number of aliphatic hydroxyl groups is 1. The fourth-order valence-corrected chi connectivity index (χ4v) is 5.85. The Balaban J connectivity index is 1.72. The predicted molar refractivity (Wildman–Crippen MR) is 135 cm³/mol. The maximum absolute atomic E-state index is 16.1. The van der Waals surface area contributed by atoms with Gasteiger partial charge in [0, 0.05) is 31.2 Å². The van der Waals surface area contributed by atoms with Crippen molar-refractivity contribution < 1.29 is 33.3 Å². The first-order valence-corrected chi connectivity index (χ1v) is 12.5. The molecule has 2 N–H and O–H groups in total. The van der Waals surface area contributed by atoms with Crippen molar-refractivity contribution in [2.75, 3.05) is 31.1 Å². The number of ether oxygens (including phenoxy) is 1. The number of nitrogens with zero attached hydrogens (tertiary/aromatic N) is 4. The molecule has 0 saturated carbocycles. The van der Waals surface area contributed by atoms with Gasteiger partial charge in [-0.2, -0.15) is 0 Å². The molecule has 38 heavy (non-hydrogen) atoms. The second kappa shape index (κ2) is 9.23. The van der Waals surface area contributed by atoms with Crippen LogP contribution in [-0.2, 0) is 4.79 Å². The van der Waals surface area contributed by atoms with Crippen LogP contribution in [0, 0.1) is 11.6 Å². The van der Waals surface area contributed by atoms with Crippen molar-refractivity contribution in [2.24, 2.45) is 0 Å². The molecule has 2 aromatic rings. The Labute approximate surface area is 218 Å². The summed E-state index contributed by atoms with van der Waals surface area (Å²) in [6.45, 7) is 9.43. The van der Waals surface area contributed by atoms with Gasteiger partial charge in [-0.25, -0.2) is 13.8 Å². The lowest BCUT2D eigenvalue weighted by Crippen LogP contribution is -2.61. The fraction of sp³-hybridized carbons (Fsp3) is 0.444. The maximum Gasteiger partial charge on any atom is 0.262 e. The summed E-state index contributed by atoms with van der Waals surface area (Å²) >= 11 is 0. The number of aliphatic hydroxyl groups excluding tert-OH is 1. The number of carbonyl (C=O) groups excluding carboxylic acids is 2.